The zero-order valence-corrected chi connectivity index (χ0v) is 12.8. The molecule has 21 heavy (non-hydrogen) atoms. The summed E-state index contributed by atoms with van der Waals surface area (Å²) in [5.74, 6) is 1.04. The highest BCUT2D eigenvalue weighted by molar-refractivity contribution is 7.12. The van der Waals surface area contributed by atoms with Crippen LogP contribution in [0.5, 0.6) is 0 Å². The molecule has 1 fully saturated rings. The summed E-state index contributed by atoms with van der Waals surface area (Å²) < 4.78 is 0. The number of aryl methyl sites for hydroxylation is 1. The molecule has 1 aliphatic heterocycles. The van der Waals surface area contributed by atoms with Crippen molar-refractivity contribution < 1.29 is 4.79 Å². The number of carbonyl (C=O) groups is 1. The van der Waals surface area contributed by atoms with Crippen molar-refractivity contribution in [3.05, 3.63) is 40.2 Å². The summed E-state index contributed by atoms with van der Waals surface area (Å²) in [5, 5.41) is 10.3. The van der Waals surface area contributed by atoms with Gasteiger partial charge in [0.15, 0.2) is 5.82 Å². The second-order valence-electron chi connectivity index (χ2n) is 5.14. The molecule has 0 spiro atoms. The van der Waals surface area contributed by atoms with Gasteiger partial charge in [0.2, 0.25) is 0 Å². The molecule has 0 saturated carbocycles. The first-order valence-corrected chi connectivity index (χ1v) is 8.00. The van der Waals surface area contributed by atoms with Crippen LogP contribution >= 0.6 is 11.3 Å². The molecule has 2 aromatic heterocycles. The second kappa shape index (κ2) is 6.22. The average molecular weight is 302 g/mol. The third-order valence-corrected chi connectivity index (χ3v) is 4.48. The van der Waals surface area contributed by atoms with Crippen LogP contribution in [-0.4, -0.2) is 47.2 Å². The van der Waals surface area contributed by atoms with Gasteiger partial charge in [-0.1, -0.05) is 6.07 Å². The van der Waals surface area contributed by atoms with Crippen LogP contribution in [0.1, 0.15) is 21.8 Å². The first kappa shape index (κ1) is 14.0. The van der Waals surface area contributed by atoms with Crippen LogP contribution in [-0.2, 0) is 0 Å². The van der Waals surface area contributed by atoms with Gasteiger partial charge >= 0.3 is 0 Å². The largest absolute Gasteiger partial charge is 0.353 e. The quantitative estimate of drug-likeness (QED) is 0.853. The maximum atomic E-state index is 12.4. The minimum Gasteiger partial charge on any atom is -0.353 e. The molecule has 1 aliphatic rings. The summed E-state index contributed by atoms with van der Waals surface area (Å²) in [4.78, 5) is 17.3. The fraction of sp³-hybridized carbons (Fsp3) is 0.400. The van der Waals surface area contributed by atoms with Crippen molar-refractivity contribution >= 4 is 23.1 Å². The van der Waals surface area contributed by atoms with Gasteiger partial charge in [-0.25, -0.2) is 0 Å². The van der Waals surface area contributed by atoms with E-state index in [4.69, 9.17) is 0 Å². The van der Waals surface area contributed by atoms with E-state index in [1.807, 2.05) is 41.5 Å². The first-order chi connectivity index (χ1) is 10.2. The lowest BCUT2D eigenvalue weighted by Gasteiger charge is -2.22. The van der Waals surface area contributed by atoms with Crippen LogP contribution in [0.4, 0.5) is 5.82 Å². The van der Waals surface area contributed by atoms with E-state index in [-0.39, 0.29) is 5.91 Å². The van der Waals surface area contributed by atoms with E-state index in [1.165, 1.54) is 11.3 Å². The van der Waals surface area contributed by atoms with Gasteiger partial charge in [0.25, 0.3) is 5.91 Å². The van der Waals surface area contributed by atoms with E-state index in [2.05, 4.69) is 15.1 Å². The Morgan fingerprint density at radius 1 is 1.14 bits per heavy atom. The molecule has 5 nitrogen and oxygen atoms in total. The zero-order chi connectivity index (χ0) is 14.7. The van der Waals surface area contributed by atoms with Crippen LogP contribution in [0.15, 0.2) is 29.6 Å². The van der Waals surface area contributed by atoms with Crippen molar-refractivity contribution in [1.82, 2.24) is 15.1 Å². The monoisotopic (exact) mass is 302 g/mol. The summed E-state index contributed by atoms with van der Waals surface area (Å²) in [6.45, 7) is 5.17. The molecule has 0 N–H and O–H groups in total. The molecule has 110 valence electrons. The third kappa shape index (κ3) is 3.21. The smallest absolute Gasteiger partial charge is 0.263 e. The van der Waals surface area contributed by atoms with Crippen molar-refractivity contribution in [1.29, 1.82) is 0 Å². The molecule has 0 aromatic carbocycles. The van der Waals surface area contributed by atoms with Gasteiger partial charge in [0.1, 0.15) is 0 Å². The number of nitrogens with zero attached hydrogens (tertiary/aromatic N) is 4. The zero-order valence-electron chi connectivity index (χ0n) is 12.0. The normalized spacial score (nSPS) is 15.9. The molecule has 1 saturated heterocycles. The van der Waals surface area contributed by atoms with Gasteiger partial charge in [-0.2, -0.15) is 5.10 Å². The van der Waals surface area contributed by atoms with Crippen LogP contribution in [0, 0.1) is 6.92 Å². The second-order valence-corrected chi connectivity index (χ2v) is 6.09. The number of carbonyl (C=O) groups excluding carboxylic acids is 1. The Morgan fingerprint density at radius 2 is 2.05 bits per heavy atom. The molecule has 0 bridgehead atoms. The third-order valence-electron chi connectivity index (χ3n) is 3.62. The van der Waals surface area contributed by atoms with Gasteiger partial charge in [0, 0.05) is 26.2 Å². The molecule has 0 unspecified atom stereocenters. The Balaban J connectivity index is 1.66. The predicted octanol–water partition coefficient (Wildman–Crippen LogP) is 2.20. The van der Waals surface area contributed by atoms with E-state index in [0.29, 0.717) is 0 Å². The van der Waals surface area contributed by atoms with E-state index in [1.54, 1.807) is 0 Å². The number of rotatable bonds is 2. The van der Waals surface area contributed by atoms with Crippen LogP contribution in [0.2, 0.25) is 0 Å². The van der Waals surface area contributed by atoms with Gasteiger partial charge in [-0.05, 0) is 36.9 Å². The van der Waals surface area contributed by atoms with E-state index < -0.39 is 0 Å². The van der Waals surface area contributed by atoms with E-state index in [0.717, 1.165) is 49.0 Å². The molecule has 0 radical (unpaired) electrons. The number of amides is 1. The minimum absolute atomic E-state index is 0.141. The lowest BCUT2D eigenvalue weighted by molar-refractivity contribution is 0.0772. The van der Waals surface area contributed by atoms with Gasteiger partial charge in [-0.3, -0.25) is 4.79 Å². The Bertz CT molecular complexity index is 597. The Labute approximate surface area is 128 Å². The van der Waals surface area contributed by atoms with Crippen molar-refractivity contribution in [3.63, 3.8) is 0 Å². The Kier molecular flexibility index (Phi) is 4.15. The van der Waals surface area contributed by atoms with Crippen LogP contribution in [0.3, 0.4) is 0 Å². The lowest BCUT2D eigenvalue weighted by atomic mass is 10.3. The van der Waals surface area contributed by atoms with Crippen molar-refractivity contribution in [2.45, 2.75) is 13.3 Å². The van der Waals surface area contributed by atoms with Gasteiger partial charge in [0.05, 0.1) is 10.6 Å². The number of hydrogen-bond donors (Lipinski definition) is 0. The molecule has 6 heteroatoms. The maximum Gasteiger partial charge on any atom is 0.263 e. The predicted molar refractivity (Wildman–Crippen MR) is 83.8 cm³/mol. The van der Waals surface area contributed by atoms with Gasteiger partial charge in [-0.15, -0.1) is 16.4 Å². The van der Waals surface area contributed by atoms with E-state index >= 15 is 0 Å². The fourth-order valence-corrected chi connectivity index (χ4v) is 3.16. The van der Waals surface area contributed by atoms with Crippen molar-refractivity contribution in [2.75, 3.05) is 31.1 Å². The number of thiophene rings is 1. The Morgan fingerprint density at radius 3 is 2.76 bits per heavy atom. The molecule has 0 aliphatic carbocycles. The van der Waals surface area contributed by atoms with Crippen molar-refractivity contribution in [2.24, 2.45) is 0 Å². The highest BCUT2D eigenvalue weighted by atomic mass is 32.1. The summed E-state index contributed by atoms with van der Waals surface area (Å²) in [6, 6.07) is 7.78. The highest BCUT2D eigenvalue weighted by Crippen LogP contribution is 2.16. The van der Waals surface area contributed by atoms with Crippen LogP contribution in [0.25, 0.3) is 0 Å². The molecular formula is C15H18N4OS. The standard InChI is InChI=1S/C15H18N4OS/c1-12-5-6-14(17-16-12)18-7-3-8-19(10-9-18)15(20)13-4-2-11-21-13/h2,4-6,11H,3,7-10H2,1H3. The lowest BCUT2D eigenvalue weighted by Crippen LogP contribution is -2.35. The summed E-state index contributed by atoms with van der Waals surface area (Å²) in [7, 11) is 0. The molecule has 1 amide bonds. The molecule has 2 aromatic rings. The average Bonchev–Trinajstić information content (AvgIpc) is 2.92. The highest BCUT2D eigenvalue weighted by Gasteiger charge is 2.21. The van der Waals surface area contributed by atoms with Gasteiger partial charge < -0.3 is 9.80 Å². The maximum absolute atomic E-state index is 12.4. The molecule has 3 heterocycles. The first-order valence-electron chi connectivity index (χ1n) is 7.12. The molecular weight excluding hydrogens is 284 g/mol. The summed E-state index contributed by atoms with van der Waals surface area (Å²) >= 11 is 1.50. The fourth-order valence-electron chi connectivity index (χ4n) is 2.47. The summed E-state index contributed by atoms with van der Waals surface area (Å²) in [6.07, 6.45) is 0.951. The number of aromatic nitrogens is 2. The number of hydrogen-bond acceptors (Lipinski definition) is 5. The molecule has 0 atom stereocenters. The minimum atomic E-state index is 0.141. The topological polar surface area (TPSA) is 49.3 Å². The van der Waals surface area contributed by atoms with E-state index in [9.17, 15) is 4.79 Å². The number of anilines is 1. The summed E-state index contributed by atoms with van der Waals surface area (Å²) in [5.41, 5.74) is 0.920. The van der Waals surface area contributed by atoms with Crippen LogP contribution < -0.4 is 4.90 Å². The Hall–Kier alpha value is -1.95. The van der Waals surface area contributed by atoms with Crippen molar-refractivity contribution in [3.8, 4) is 0 Å². The SMILES string of the molecule is Cc1ccc(N2CCCN(C(=O)c3cccs3)CC2)nn1. The molecule has 3 rings (SSSR count).